The number of nitrogens with two attached hydrogens (primary N) is 1. The molecule has 20 heavy (non-hydrogen) atoms. The van der Waals surface area contributed by atoms with Gasteiger partial charge in [0.1, 0.15) is 11.6 Å². The highest BCUT2D eigenvalue weighted by Gasteiger charge is 2.13. The van der Waals surface area contributed by atoms with Crippen LogP contribution in [0.25, 0.3) is 0 Å². The van der Waals surface area contributed by atoms with Crippen LogP contribution in [0.2, 0.25) is 0 Å². The molecule has 0 amide bonds. The highest BCUT2D eigenvalue weighted by Crippen LogP contribution is 2.22. The van der Waals surface area contributed by atoms with Crippen molar-refractivity contribution in [1.29, 1.82) is 0 Å². The SMILES string of the molecule is Nc1ccc(N(CCO)CCO)n1Cc1ccccc1. The Labute approximate surface area is 118 Å². The molecule has 0 spiro atoms. The van der Waals surface area contributed by atoms with Gasteiger partial charge in [-0.25, -0.2) is 0 Å². The fourth-order valence-corrected chi connectivity index (χ4v) is 2.27. The van der Waals surface area contributed by atoms with E-state index in [0.29, 0.717) is 25.5 Å². The zero-order valence-corrected chi connectivity index (χ0v) is 11.4. The van der Waals surface area contributed by atoms with Crippen LogP contribution in [0, 0.1) is 0 Å². The van der Waals surface area contributed by atoms with Gasteiger partial charge in [-0.3, -0.25) is 0 Å². The molecule has 0 saturated heterocycles. The summed E-state index contributed by atoms with van der Waals surface area (Å²) in [4.78, 5) is 1.93. The fraction of sp³-hybridized carbons (Fsp3) is 0.333. The molecule has 0 bridgehead atoms. The van der Waals surface area contributed by atoms with Crippen molar-refractivity contribution in [2.24, 2.45) is 0 Å². The Morgan fingerprint density at radius 1 is 0.950 bits per heavy atom. The first-order valence-electron chi connectivity index (χ1n) is 6.72. The second-order valence-electron chi connectivity index (χ2n) is 4.62. The van der Waals surface area contributed by atoms with E-state index in [1.54, 1.807) is 0 Å². The molecule has 2 rings (SSSR count). The summed E-state index contributed by atoms with van der Waals surface area (Å²) in [6, 6.07) is 13.8. The first-order chi connectivity index (χ1) is 9.76. The van der Waals surface area contributed by atoms with E-state index >= 15 is 0 Å². The number of benzene rings is 1. The van der Waals surface area contributed by atoms with Crippen molar-refractivity contribution >= 4 is 11.6 Å². The van der Waals surface area contributed by atoms with Gasteiger partial charge >= 0.3 is 0 Å². The Balaban J connectivity index is 2.26. The van der Waals surface area contributed by atoms with Gasteiger partial charge in [-0.05, 0) is 17.7 Å². The van der Waals surface area contributed by atoms with Gasteiger partial charge in [0.2, 0.25) is 0 Å². The molecule has 0 aliphatic rings. The van der Waals surface area contributed by atoms with Crippen molar-refractivity contribution in [3.63, 3.8) is 0 Å². The summed E-state index contributed by atoms with van der Waals surface area (Å²) in [5, 5.41) is 18.3. The molecule has 1 aromatic carbocycles. The molecule has 1 heterocycles. The van der Waals surface area contributed by atoms with Gasteiger partial charge in [0.05, 0.1) is 19.8 Å². The van der Waals surface area contributed by atoms with Crippen LogP contribution in [0.4, 0.5) is 11.6 Å². The predicted molar refractivity (Wildman–Crippen MR) is 80.8 cm³/mol. The molecule has 5 nitrogen and oxygen atoms in total. The Hall–Kier alpha value is -1.98. The maximum Gasteiger partial charge on any atom is 0.110 e. The number of aromatic nitrogens is 1. The van der Waals surface area contributed by atoms with E-state index < -0.39 is 0 Å². The van der Waals surface area contributed by atoms with Gasteiger partial charge < -0.3 is 25.4 Å². The summed E-state index contributed by atoms with van der Waals surface area (Å²) < 4.78 is 1.99. The quantitative estimate of drug-likeness (QED) is 0.702. The second-order valence-corrected chi connectivity index (χ2v) is 4.62. The summed E-state index contributed by atoms with van der Waals surface area (Å²) in [5.41, 5.74) is 7.19. The minimum absolute atomic E-state index is 0.0381. The van der Waals surface area contributed by atoms with E-state index in [1.807, 2.05) is 51.9 Å². The largest absolute Gasteiger partial charge is 0.395 e. The molecule has 0 saturated carbocycles. The second kappa shape index (κ2) is 6.98. The normalized spacial score (nSPS) is 10.7. The number of nitrogen functional groups attached to an aromatic ring is 1. The minimum Gasteiger partial charge on any atom is -0.395 e. The molecule has 1 aromatic heterocycles. The Kier molecular flexibility index (Phi) is 5.03. The summed E-state index contributed by atoms with van der Waals surface area (Å²) in [6.07, 6.45) is 0. The fourth-order valence-electron chi connectivity index (χ4n) is 2.27. The van der Waals surface area contributed by atoms with Crippen molar-refractivity contribution < 1.29 is 10.2 Å². The van der Waals surface area contributed by atoms with Crippen molar-refractivity contribution in [2.75, 3.05) is 36.9 Å². The van der Waals surface area contributed by atoms with Crippen LogP contribution < -0.4 is 10.6 Å². The third kappa shape index (κ3) is 3.31. The maximum absolute atomic E-state index is 9.15. The standard InChI is InChI=1S/C15H21N3O2/c16-14-6-7-15(17(8-10-19)9-11-20)18(14)12-13-4-2-1-3-5-13/h1-7,19-20H,8-12,16H2. The average molecular weight is 275 g/mol. The van der Waals surface area contributed by atoms with Gasteiger partial charge in [0.25, 0.3) is 0 Å². The van der Waals surface area contributed by atoms with Crippen LogP contribution in [0.1, 0.15) is 5.56 Å². The number of aliphatic hydroxyl groups excluding tert-OH is 2. The molecule has 0 atom stereocenters. The summed E-state index contributed by atoms with van der Waals surface area (Å²) >= 11 is 0. The average Bonchev–Trinajstić information content (AvgIpc) is 2.81. The van der Waals surface area contributed by atoms with Crippen molar-refractivity contribution in [2.45, 2.75) is 6.54 Å². The van der Waals surface area contributed by atoms with E-state index in [2.05, 4.69) is 0 Å². The van der Waals surface area contributed by atoms with E-state index in [9.17, 15) is 0 Å². The number of hydrogen-bond acceptors (Lipinski definition) is 4. The summed E-state index contributed by atoms with van der Waals surface area (Å²) in [6.45, 7) is 1.69. The van der Waals surface area contributed by atoms with Crippen LogP contribution in [0.3, 0.4) is 0 Å². The molecule has 108 valence electrons. The van der Waals surface area contributed by atoms with Gasteiger partial charge in [-0.1, -0.05) is 30.3 Å². The Morgan fingerprint density at radius 2 is 1.60 bits per heavy atom. The van der Waals surface area contributed by atoms with Crippen LogP contribution in [-0.2, 0) is 6.54 Å². The molecule has 4 N–H and O–H groups in total. The summed E-state index contributed by atoms with van der Waals surface area (Å²) in [7, 11) is 0. The van der Waals surface area contributed by atoms with Gasteiger partial charge in [0.15, 0.2) is 0 Å². The monoisotopic (exact) mass is 275 g/mol. The molecule has 0 unspecified atom stereocenters. The van der Waals surface area contributed by atoms with E-state index in [0.717, 1.165) is 11.4 Å². The van der Waals surface area contributed by atoms with Crippen molar-refractivity contribution in [3.05, 3.63) is 48.0 Å². The third-order valence-corrected chi connectivity index (χ3v) is 3.24. The lowest BCUT2D eigenvalue weighted by atomic mass is 10.2. The van der Waals surface area contributed by atoms with Crippen LogP contribution in [0.5, 0.6) is 0 Å². The Bertz CT molecular complexity index is 519. The van der Waals surface area contributed by atoms with Gasteiger partial charge in [-0.2, -0.15) is 0 Å². The first-order valence-corrected chi connectivity index (χ1v) is 6.72. The van der Waals surface area contributed by atoms with Crippen molar-refractivity contribution in [3.8, 4) is 0 Å². The highest BCUT2D eigenvalue weighted by atomic mass is 16.3. The first kappa shape index (κ1) is 14.4. The molecular formula is C15H21N3O2. The van der Waals surface area contributed by atoms with Crippen LogP contribution >= 0.6 is 0 Å². The number of nitrogens with zero attached hydrogens (tertiary/aromatic N) is 2. The lowest BCUT2D eigenvalue weighted by molar-refractivity contribution is 0.280. The molecule has 0 aliphatic heterocycles. The number of aliphatic hydroxyl groups is 2. The molecule has 0 fully saturated rings. The van der Waals surface area contributed by atoms with E-state index in [1.165, 1.54) is 0 Å². The lowest BCUT2D eigenvalue weighted by Crippen LogP contribution is -2.31. The molecule has 0 aliphatic carbocycles. The molecular weight excluding hydrogens is 254 g/mol. The number of rotatable bonds is 7. The smallest absolute Gasteiger partial charge is 0.110 e. The zero-order chi connectivity index (χ0) is 14.4. The van der Waals surface area contributed by atoms with Gasteiger partial charge in [0, 0.05) is 13.1 Å². The maximum atomic E-state index is 9.15. The molecule has 2 aromatic rings. The Morgan fingerprint density at radius 3 is 2.20 bits per heavy atom. The number of hydrogen-bond donors (Lipinski definition) is 3. The lowest BCUT2D eigenvalue weighted by Gasteiger charge is -2.25. The number of anilines is 2. The van der Waals surface area contributed by atoms with Crippen molar-refractivity contribution in [1.82, 2.24) is 4.57 Å². The van der Waals surface area contributed by atoms with Crippen LogP contribution in [-0.4, -0.2) is 41.1 Å². The topological polar surface area (TPSA) is 74.7 Å². The molecule has 0 radical (unpaired) electrons. The highest BCUT2D eigenvalue weighted by molar-refractivity contribution is 5.51. The van der Waals surface area contributed by atoms with Crippen LogP contribution in [0.15, 0.2) is 42.5 Å². The third-order valence-electron chi connectivity index (χ3n) is 3.24. The zero-order valence-electron chi connectivity index (χ0n) is 11.4. The predicted octanol–water partition coefficient (Wildman–Crippen LogP) is 0.910. The summed E-state index contributed by atoms with van der Waals surface area (Å²) in [5.74, 6) is 1.58. The van der Waals surface area contributed by atoms with E-state index in [4.69, 9.17) is 15.9 Å². The van der Waals surface area contributed by atoms with E-state index in [-0.39, 0.29) is 13.2 Å². The minimum atomic E-state index is 0.0381. The van der Waals surface area contributed by atoms with Gasteiger partial charge in [-0.15, -0.1) is 0 Å². The molecule has 5 heteroatoms.